The van der Waals surface area contributed by atoms with Crippen molar-refractivity contribution in [2.75, 3.05) is 0 Å². The number of nitriles is 1. The van der Waals surface area contributed by atoms with E-state index in [1.165, 1.54) is 4.90 Å². The molecule has 1 heterocycles. The monoisotopic (exact) mass is 276 g/mol. The fourth-order valence-corrected chi connectivity index (χ4v) is 2.50. The molecule has 4 heteroatoms. The average Bonchev–Trinajstić information content (AvgIpc) is 2.52. The van der Waals surface area contributed by atoms with Crippen LogP contribution in [0, 0.1) is 11.3 Å². The van der Waals surface area contributed by atoms with Gasteiger partial charge in [0, 0.05) is 5.56 Å². The largest absolute Gasteiger partial charge is 0.274 e. The first-order chi connectivity index (χ1) is 10.2. The standard InChI is InChI=1S/C17H12N2O2/c18-10-13-6-1-2-7-14(13)11-19-16(20)9-12-5-3-4-8-15(12)17(19)21/h1-8H,9,11H2. The molecule has 0 fully saturated rings. The van der Waals surface area contributed by atoms with Gasteiger partial charge < -0.3 is 0 Å². The van der Waals surface area contributed by atoms with Crippen LogP contribution in [-0.4, -0.2) is 16.7 Å². The van der Waals surface area contributed by atoms with Crippen LogP contribution in [0.2, 0.25) is 0 Å². The summed E-state index contributed by atoms with van der Waals surface area (Å²) in [5, 5.41) is 9.10. The Balaban J connectivity index is 1.95. The minimum Gasteiger partial charge on any atom is -0.274 e. The summed E-state index contributed by atoms with van der Waals surface area (Å²) < 4.78 is 0. The lowest BCUT2D eigenvalue weighted by Crippen LogP contribution is -2.41. The van der Waals surface area contributed by atoms with Gasteiger partial charge in [0.15, 0.2) is 0 Å². The summed E-state index contributed by atoms with van der Waals surface area (Å²) in [5.41, 5.74) is 2.49. The van der Waals surface area contributed by atoms with E-state index in [9.17, 15) is 9.59 Å². The SMILES string of the molecule is N#Cc1ccccc1CN1C(=O)Cc2ccccc2C1=O. The van der Waals surface area contributed by atoms with Gasteiger partial charge in [0.2, 0.25) is 5.91 Å². The molecule has 0 spiro atoms. The second-order valence-electron chi connectivity index (χ2n) is 4.89. The molecule has 0 atom stereocenters. The molecule has 0 bridgehead atoms. The minimum atomic E-state index is -0.297. The fraction of sp³-hybridized carbons (Fsp3) is 0.118. The van der Waals surface area contributed by atoms with E-state index in [0.717, 1.165) is 5.56 Å². The van der Waals surface area contributed by atoms with Crippen LogP contribution >= 0.6 is 0 Å². The highest BCUT2D eigenvalue weighted by molar-refractivity contribution is 6.09. The molecule has 3 rings (SSSR count). The van der Waals surface area contributed by atoms with Crippen LogP contribution in [0.5, 0.6) is 0 Å². The zero-order valence-electron chi connectivity index (χ0n) is 11.2. The summed E-state index contributed by atoms with van der Waals surface area (Å²) >= 11 is 0. The maximum atomic E-state index is 12.5. The van der Waals surface area contributed by atoms with Crippen LogP contribution in [0.1, 0.15) is 27.0 Å². The third-order valence-corrected chi connectivity index (χ3v) is 3.60. The van der Waals surface area contributed by atoms with Crippen LogP contribution in [0.25, 0.3) is 0 Å². The first-order valence-corrected chi connectivity index (χ1v) is 6.61. The first-order valence-electron chi connectivity index (χ1n) is 6.61. The van der Waals surface area contributed by atoms with E-state index < -0.39 is 0 Å². The van der Waals surface area contributed by atoms with Crippen molar-refractivity contribution in [2.24, 2.45) is 0 Å². The van der Waals surface area contributed by atoms with Gasteiger partial charge >= 0.3 is 0 Å². The van der Waals surface area contributed by atoms with Gasteiger partial charge in [-0.05, 0) is 23.3 Å². The molecule has 4 nitrogen and oxygen atoms in total. The Morgan fingerprint density at radius 1 is 1.05 bits per heavy atom. The van der Waals surface area contributed by atoms with Crippen molar-refractivity contribution in [3.63, 3.8) is 0 Å². The predicted molar refractivity (Wildman–Crippen MR) is 76.2 cm³/mol. The zero-order chi connectivity index (χ0) is 14.8. The molecule has 0 saturated heterocycles. The van der Waals surface area contributed by atoms with E-state index in [1.807, 2.05) is 6.07 Å². The van der Waals surface area contributed by atoms with E-state index in [0.29, 0.717) is 16.7 Å². The topological polar surface area (TPSA) is 61.2 Å². The van der Waals surface area contributed by atoms with Crippen molar-refractivity contribution in [2.45, 2.75) is 13.0 Å². The number of nitrogens with zero attached hydrogens (tertiary/aromatic N) is 2. The number of rotatable bonds is 2. The van der Waals surface area contributed by atoms with Crippen LogP contribution in [0.3, 0.4) is 0 Å². The van der Waals surface area contributed by atoms with Crippen LogP contribution in [0.15, 0.2) is 48.5 Å². The number of hydrogen-bond donors (Lipinski definition) is 0. The summed E-state index contributed by atoms with van der Waals surface area (Å²) in [4.78, 5) is 25.9. The molecule has 0 aliphatic carbocycles. The molecular formula is C17H12N2O2. The number of benzene rings is 2. The molecule has 2 aromatic carbocycles. The Labute approximate surface area is 122 Å². The van der Waals surface area contributed by atoms with Crippen LogP contribution in [-0.2, 0) is 17.8 Å². The molecular weight excluding hydrogens is 264 g/mol. The first kappa shape index (κ1) is 13.1. The van der Waals surface area contributed by atoms with Gasteiger partial charge in [0.1, 0.15) is 0 Å². The van der Waals surface area contributed by atoms with E-state index in [2.05, 4.69) is 6.07 Å². The van der Waals surface area contributed by atoms with Crippen LogP contribution in [0.4, 0.5) is 0 Å². The molecule has 0 N–H and O–H groups in total. The molecule has 0 saturated carbocycles. The molecule has 2 amide bonds. The predicted octanol–water partition coefficient (Wildman–Crippen LogP) is 2.28. The van der Waals surface area contributed by atoms with Crippen molar-refractivity contribution < 1.29 is 9.59 Å². The third-order valence-electron chi connectivity index (χ3n) is 3.60. The lowest BCUT2D eigenvalue weighted by Gasteiger charge is -2.27. The number of carbonyl (C=O) groups is 2. The highest BCUT2D eigenvalue weighted by Gasteiger charge is 2.30. The Kier molecular flexibility index (Phi) is 3.25. The molecule has 21 heavy (non-hydrogen) atoms. The summed E-state index contributed by atoms with van der Waals surface area (Å²) in [6.07, 6.45) is 0.219. The number of hydrogen-bond acceptors (Lipinski definition) is 3. The van der Waals surface area contributed by atoms with Crippen molar-refractivity contribution in [1.29, 1.82) is 5.26 Å². The second kappa shape index (κ2) is 5.22. The van der Waals surface area contributed by atoms with E-state index in [1.54, 1.807) is 42.5 Å². The summed E-state index contributed by atoms with van der Waals surface area (Å²) in [6.45, 7) is 0.135. The van der Waals surface area contributed by atoms with Gasteiger partial charge in [-0.3, -0.25) is 14.5 Å². The molecule has 102 valence electrons. The van der Waals surface area contributed by atoms with Crippen molar-refractivity contribution >= 4 is 11.8 Å². The Hall–Kier alpha value is -2.93. The van der Waals surface area contributed by atoms with Crippen LogP contribution < -0.4 is 0 Å². The molecule has 1 aliphatic heterocycles. The average molecular weight is 276 g/mol. The third kappa shape index (κ3) is 2.30. The molecule has 0 radical (unpaired) electrons. The van der Waals surface area contributed by atoms with E-state index in [-0.39, 0.29) is 24.8 Å². The van der Waals surface area contributed by atoms with Gasteiger partial charge in [0.05, 0.1) is 24.6 Å². The lowest BCUT2D eigenvalue weighted by atomic mass is 9.97. The quantitative estimate of drug-likeness (QED) is 0.791. The van der Waals surface area contributed by atoms with Crippen molar-refractivity contribution in [3.8, 4) is 6.07 Å². The molecule has 1 aliphatic rings. The molecule has 0 unspecified atom stereocenters. The van der Waals surface area contributed by atoms with E-state index >= 15 is 0 Å². The fourth-order valence-electron chi connectivity index (χ4n) is 2.50. The van der Waals surface area contributed by atoms with Gasteiger partial charge in [0.25, 0.3) is 5.91 Å². The Bertz CT molecular complexity index is 774. The summed E-state index contributed by atoms with van der Waals surface area (Å²) in [6, 6.07) is 16.2. The number of carbonyl (C=O) groups excluding carboxylic acids is 2. The summed E-state index contributed by atoms with van der Waals surface area (Å²) in [5.74, 6) is -0.527. The normalized spacial score (nSPS) is 13.8. The zero-order valence-corrected chi connectivity index (χ0v) is 11.2. The number of imide groups is 1. The van der Waals surface area contributed by atoms with Gasteiger partial charge in [-0.15, -0.1) is 0 Å². The smallest absolute Gasteiger partial charge is 0.261 e. The maximum Gasteiger partial charge on any atom is 0.261 e. The second-order valence-corrected chi connectivity index (χ2v) is 4.89. The highest BCUT2D eigenvalue weighted by atomic mass is 16.2. The van der Waals surface area contributed by atoms with Gasteiger partial charge in [-0.25, -0.2) is 0 Å². The maximum absolute atomic E-state index is 12.5. The molecule has 2 aromatic rings. The highest BCUT2D eigenvalue weighted by Crippen LogP contribution is 2.22. The lowest BCUT2D eigenvalue weighted by molar-refractivity contribution is -0.128. The van der Waals surface area contributed by atoms with Crippen molar-refractivity contribution in [1.82, 2.24) is 4.90 Å². The summed E-state index contributed by atoms with van der Waals surface area (Å²) in [7, 11) is 0. The van der Waals surface area contributed by atoms with E-state index in [4.69, 9.17) is 5.26 Å². The van der Waals surface area contributed by atoms with Crippen molar-refractivity contribution in [3.05, 3.63) is 70.8 Å². The van der Waals surface area contributed by atoms with Gasteiger partial charge in [-0.1, -0.05) is 36.4 Å². The number of amides is 2. The minimum absolute atomic E-state index is 0.135. The number of fused-ring (bicyclic) bond motifs is 1. The Morgan fingerprint density at radius 2 is 1.76 bits per heavy atom. The van der Waals surface area contributed by atoms with Gasteiger partial charge in [-0.2, -0.15) is 5.26 Å². The molecule has 0 aromatic heterocycles. The Morgan fingerprint density at radius 3 is 2.57 bits per heavy atom.